The van der Waals surface area contributed by atoms with E-state index in [0.717, 1.165) is 13.0 Å². The van der Waals surface area contributed by atoms with Gasteiger partial charge in [0.2, 0.25) is 0 Å². The SMILES string of the molecule is CCCNC(c1ccc(C)s1)c1cccc2ccccc12. The molecule has 1 nitrogen and oxygen atoms in total. The lowest BCUT2D eigenvalue weighted by atomic mass is 9.97. The Morgan fingerprint density at radius 1 is 1.00 bits per heavy atom. The number of benzene rings is 2. The summed E-state index contributed by atoms with van der Waals surface area (Å²) in [5, 5.41) is 6.38. The molecule has 0 aliphatic carbocycles. The third-order valence-electron chi connectivity index (χ3n) is 3.78. The van der Waals surface area contributed by atoms with Gasteiger partial charge in [-0.15, -0.1) is 11.3 Å². The summed E-state index contributed by atoms with van der Waals surface area (Å²) in [7, 11) is 0. The van der Waals surface area contributed by atoms with Crippen LogP contribution in [0.4, 0.5) is 0 Å². The number of fused-ring (bicyclic) bond motifs is 1. The standard InChI is InChI=1S/C19H21NS/c1-3-13-20-19(18-12-11-14(2)21-18)17-10-6-8-15-7-4-5-9-16(15)17/h4-12,19-20H,3,13H2,1-2H3. The van der Waals surface area contributed by atoms with Crippen molar-refractivity contribution in [3.05, 3.63) is 69.9 Å². The second-order valence-corrected chi connectivity index (χ2v) is 6.72. The van der Waals surface area contributed by atoms with Crippen molar-refractivity contribution in [1.82, 2.24) is 5.32 Å². The normalized spacial score (nSPS) is 12.7. The van der Waals surface area contributed by atoms with E-state index in [2.05, 4.69) is 73.8 Å². The zero-order valence-electron chi connectivity index (χ0n) is 12.6. The van der Waals surface area contributed by atoms with Gasteiger partial charge in [0.1, 0.15) is 0 Å². The summed E-state index contributed by atoms with van der Waals surface area (Å²) < 4.78 is 0. The smallest absolute Gasteiger partial charge is 0.0677 e. The summed E-state index contributed by atoms with van der Waals surface area (Å²) >= 11 is 1.89. The van der Waals surface area contributed by atoms with Crippen molar-refractivity contribution in [2.24, 2.45) is 0 Å². The van der Waals surface area contributed by atoms with Gasteiger partial charge in [0, 0.05) is 9.75 Å². The van der Waals surface area contributed by atoms with E-state index in [1.54, 1.807) is 0 Å². The summed E-state index contributed by atoms with van der Waals surface area (Å²) in [4.78, 5) is 2.77. The first kappa shape index (κ1) is 14.3. The molecule has 0 aliphatic heterocycles. The maximum Gasteiger partial charge on any atom is 0.0677 e. The van der Waals surface area contributed by atoms with Gasteiger partial charge in [0.25, 0.3) is 0 Å². The van der Waals surface area contributed by atoms with E-state index in [1.807, 2.05) is 11.3 Å². The first-order valence-electron chi connectivity index (χ1n) is 7.57. The Hall–Kier alpha value is -1.64. The van der Waals surface area contributed by atoms with Crippen LogP contribution in [0, 0.1) is 6.92 Å². The fraction of sp³-hybridized carbons (Fsp3) is 0.263. The van der Waals surface area contributed by atoms with Gasteiger partial charge in [-0.05, 0) is 48.4 Å². The molecule has 2 aromatic carbocycles. The summed E-state index contributed by atoms with van der Waals surface area (Å²) in [6.07, 6.45) is 1.14. The minimum absolute atomic E-state index is 0.287. The van der Waals surface area contributed by atoms with Crippen LogP contribution in [0.5, 0.6) is 0 Å². The quantitative estimate of drug-likeness (QED) is 0.673. The van der Waals surface area contributed by atoms with Gasteiger partial charge >= 0.3 is 0 Å². The van der Waals surface area contributed by atoms with E-state index in [9.17, 15) is 0 Å². The van der Waals surface area contributed by atoms with Gasteiger partial charge in [0.05, 0.1) is 6.04 Å². The molecule has 0 aliphatic rings. The highest BCUT2D eigenvalue weighted by Crippen LogP contribution is 2.32. The second kappa shape index (κ2) is 6.42. The zero-order valence-corrected chi connectivity index (χ0v) is 13.4. The monoisotopic (exact) mass is 295 g/mol. The number of hydrogen-bond acceptors (Lipinski definition) is 2. The summed E-state index contributed by atoms with van der Waals surface area (Å²) in [5.41, 5.74) is 1.38. The van der Waals surface area contributed by atoms with Crippen LogP contribution in [-0.4, -0.2) is 6.54 Å². The Kier molecular flexibility index (Phi) is 4.37. The highest BCUT2D eigenvalue weighted by Gasteiger charge is 2.17. The fourth-order valence-electron chi connectivity index (χ4n) is 2.76. The number of rotatable bonds is 5. The van der Waals surface area contributed by atoms with Crippen LogP contribution in [0.25, 0.3) is 10.8 Å². The second-order valence-electron chi connectivity index (χ2n) is 5.40. The topological polar surface area (TPSA) is 12.0 Å². The summed E-state index contributed by atoms with van der Waals surface area (Å²) in [5.74, 6) is 0. The molecule has 0 saturated carbocycles. The van der Waals surface area contributed by atoms with Crippen molar-refractivity contribution in [3.8, 4) is 0 Å². The van der Waals surface area contributed by atoms with Crippen molar-refractivity contribution in [3.63, 3.8) is 0 Å². The van der Waals surface area contributed by atoms with Gasteiger partial charge in [-0.2, -0.15) is 0 Å². The molecule has 1 heterocycles. The van der Waals surface area contributed by atoms with Crippen molar-refractivity contribution < 1.29 is 0 Å². The molecule has 3 rings (SSSR count). The maximum atomic E-state index is 3.72. The number of hydrogen-bond donors (Lipinski definition) is 1. The molecule has 1 unspecified atom stereocenters. The van der Waals surface area contributed by atoms with Crippen LogP contribution >= 0.6 is 11.3 Å². The van der Waals surface area contributed by atoms with Crippen LogP contribution in [0.3, 0.4) is 0 Å². The van der Waals surface area contributed by atoms with Crippen LogP contribution in [0.1, 0.15) is 34.7 Å². The maximum absolute atomic E-state index is 3.72. The van der Waals surface area contributed by atoms with Crippen LogP contribution in [-0.2, 0) is 0 Å². The molecule has 1 atom stereocenters. The summed E-state index contributed by atoms with van der Waals surface area (Å²) in [6, 6.07) is 20.0. The highest BCUT2D eigenvalue weighted by molar-refractivity contribution is 7.12. The van der Waals surface area contributed by atoms with E-state index in [4.69, 9.17) is 0 Å². The van der Waals surface area contributed by atoms with E-state index in [-0.39, 0.29) is 6.04 Å². The Morgan fingerprint density at radius 3 is 2.57 bits per heavy atom. The fourth-order valence-corrected chi connectivity index (χ4v) is 3.74. The van der Waals surface area contributed by atoms with Crippen LogP contribution in [0.15, 0.2) is 54.6 Å². The first-order valence-corrected chi connectivity index (χ1v) is 8.38. The molecular formula is C19H21NS. The molecule has 21 heavy (non-hydrogen) atoms. The number of aryl methyl sites for hydroxylation is 1. The molecular weight excluding hydrogens is 274 g/mol. The highest BCUT2D eigenvalue weighted by atomic mass is 32.1. The molecule has 0 fully saturated rings. The van der Waals surface area contributed by atoms with Gasteiger partial charge in [0.15, 0.2) is 0 Å². The third-order valence-corrected chi connectivity index (χ3v) is 4.84. The minimum Gasteiger partial charge on any atom is -0.306 e. The van der Waals surface area contributed by atoms with E-state index in [1.165, 1.54) is 26.1 Å². The van der Waals surface area contributed by atoms with Gasteiger partial charge < -0.3 is 5.32 Å². The molecule has 2 heteroatoms. The predicted molar refractivity (Wildman–Crippen MR) is 93.1 cm³/mol. The van der Waals surface area contributed by atoms with Crippen LogP contribution in [0.2, 0.25) is 0 Å². The van der Waals surface area contributed by atoms with E-state index in [0.29, 0.717) is 0 Å². The number of nitrogens with one attached hydrogen (secondary N) is 1. The molecule has 0 bridgehead atoms. The van der Waals surface area contributed by atoms with Crippen molar-refractivity contribution in [2.45, 2.75) is 26.3 Å². The molecule has 108 valence electrons. The zero-order chi connectivity index (χ0) is 14.7. The molecule has 1 N–H and O–H groups in total. The Morgan fingerprint density at radius 2 is 1.81 bits per heavy atom. The molecule has 0 amide bonds. The average Bonchev–Trinajstić information content (AvgIpc) is 2.94. The Bertz CT molecular complexity index is 724. The third kappa shape index (κ3) is 3.02. The van der Waals surface area contributed by atoms with Gasteiger partial charge in [-0.1, -0.05) is 49.4 Å². The average molecular weight is 295 g/mol. The lowest BCUT2D eigenvalue weighted by molar-refractivity contribution is 0.609. The number of thiophene rings is 1. The van der Waals surface area contributed by atoms with E-state index >= 15 is 0 Å². The summed E-state index contributed by atoms with van der Waals surface area (Å²) in [6.45, 7) is 5.42. The van der Waals surface area contributed by atoms with E-state index < -0.39 is 0 Å². The molecule has 1 aromatic heterocycles. The van der Waals surface area contributed by atoms with Crippen molar-refractivity contribution in [1.29, 1.82) is 0 Å². The lowest BCUT2D eigenvalue weighted by Gasteiger charge is -2.19. The minimum atomic E-state index is 0.287. The lowest BCUT2D eigenvalue weighted by Crippen LogP contribution is -2.22. The first-order chi connectivity index (χ1) is 10.3. The van der Waals surface area contributed by atoms with Crippen molar-refractivity contribution in [2.75, 3.05) is 6.54 Å². The molecule has 0 radical (unpaired) electrons. The molecule has 0 saturated heterocycles. The van der Waals surface area contributed by atoms with Gasteiger partial charge in [-0.25, -0.2) is 0 Å². The molecule has 3 aromatic rings. The predicted octanol–water partition coefficient (Wildman–Crippen LogP) is 5.30. The van der Waals surface area contributed by atoms with Gasteiger partial charge in [-0.3, -0.25) is 0 Å². The Balaban J connectivity index is 2.09. The largest absolute Gasteiger partial charge is 0.306 e. The molecule has 0 spiro atoms. The van der Waals surface area contributed by atoms with Crippen LogP contribution < -0.4 is 5.32 Å². The van der Waals surface area contributed by atoms with Crippen molar-refractivity contribution >= 4 is 22.1 Å². The Labute approximate surface area is 130 Å².